The predicted molar refractivity (Wildman–Crippen MR) is 120 cm³/mol. The second-order valence-corrected chi connectivity index (χ2v) is 7.89. The van der Waals surface area contributed by atoms with Crippen LogP contribution in [0.4, 0.5) is 4.39 Å². The molecule has 0 heterocycles. The molecule has 0 saturated heterocycles. The molecule has 1 N–H and O–H groups in total. The molecule has 3 aromatic carbocycles. The number of aliphatic imine (C=N–C) groups is 1. The van der Waals surface area contributed by atoms with E-state index in [1.807, 2.05) is 31.2 Å². The number of halogens is 1. The second-order valence-electron chi connectivity index (χ2n) is 7.89. The number of hydrogen-bond donors (Lipinski definition) is 1. The molecule has 152 valence electrons. The Labute approximate surface area is 176 Å². The van der Waals surface area contributed by atoms with Crippen molar-refractivity contribution >= 4 is 11.6 Å². The highest BCUT2D eigenvalue weighted by atomic mass is 19.1. The molecule has 3 nitrogen and oxygen atoms in total. The van der Waals surface area contributed by atoms with Crippen molar-refractivity contribution in [1.29, 1.82) is 0 Å². The van der Waals surface area contributed by atoms with Gasteiger partial charge in [0, 0.05) is 29.8 Å². The monoisotopic (exact) mass is 400 g/mol. The standard InChI is InChI=1S/C26H25FN2O/c1-16-4-5-20(26(30)29-22-11-12-22)15-24(16)19-8-13-23(17(2)14-19)25(28-3)18-6-9-21(27)10-7-18/h4-10,13-15,22H,11-12H2,1-3H3,(H,29,30). The van der Waals surface area contributed by atoms with E-state index >= 15 is 0 Å². The summed E-state index contributed by atoms with van der Waals surface area (Å²) in [5.41, 5.74) is 7.70. The van der Waals surface area contributed by atoms with Gasteiger partial charge in [0.15, 0.2) is 0 Å². The maximum Gasteiger partial charge on any atom is 0.251 e. The number of carbonyl (C=O) groups excluding carboxylic acids is 1. The molecule has 0 unspecified atom stereocenters. The number of rotatable bonds is 5. The van der Waals surface area contributed by atoms with Gasteiger partial charge in [0.05, 0.1) is 5.71 Å². The summed E-state index contributed by atoms with van der Waals surface area (Å²) in [6.07, 6.45) is 2.14. The van der Waals surface area contributed by atoms with Crippen LogP contribution in [0.2, 0.25) is 0 Å². The smallest absolute Gasteiger partial charge is 0.251 e. The van der Waals surface area contributed by atoms with Crippen LogP contribution in [0.15, 0.2) is 65.7 Å². The van der Waals surface area contributed by atoms with Crippen molar-refractivity contribution < 1.29 is 9.18 Å². The van der Waals surface area contributed by atoms with Crippen molar-refractivity contribution in [2.75, 3.05) is 7.05 Å². The molecule has 1 aliphatic carbocycles. The number of aryl methyl sites for hydroxylation is 2. The first-order valence-electron chi connectivity index (χ1n) is 10.2. The molecule has 0 radical (unpaired) electrons. The van der Waals surface area contributed by atoms with Gasteiger partial charge >= 0.3 is 0 Å². The third kappa shape index (κ3) is 4.18. The maximum absolute atomic E-state index is 13.3. The molecule has 0 bridgehead atoms. The molecular formula is C26H25FN2O. The fraction of sp³-hybridized carbons (Fsp3) is 0.231. The highest BCUT2D eigenvalue weighted by molar-refractivity contribution is 6.13. The first-order valence-corrected chi connectivity index (χ1v) is 10.2. The van der Waals surface area contributed by atoms with Crippen LogP contribution in [-0.4, -0.2) is 24.7 Å². The second kappa shape index (κ2) is 8.23. The number of amides is 1. The molecular weight excluding hydrogens is 375 g/mol. The summed E-state index contributed by atoms with van der Waals surface area (Å²) in [6.45, 7) is 4.10. The quantitative estimate of drug-likeness (QED) is 0.567. The van der Waals surface area contributed by atoms with Crippen LogP contribution >= 0.6 is 0 Å². The Balaban J connectivity index is 1.67. The average Bonchev–Trinajstić information content (AvgIpc) is 3.55. The van der Waals surface area contributed by atoms with Gasteiger partial charge in [-0.05, 0) is 85.3 Å². The van der Waals surface area contributed by atoms with Crippen LogP contribution in [0.1, 0.15) is 45.5 Å². The number of hydrogen-bond acceptors (Lipinski definition) is 2. The van der Waals surface area contributed by atoms with E-state index in [-0.39, 0.29) is 11.7 Å². The summed E-state index contributed by atoms with van der Waals surface area (Å²) in [4.78, 5) is 16.9. The Morgan fingerprint density at radius 1 is 0.933 bits per heavy atom. The zero-order chi connectivity index (χ0) is 21.3. The first kappa shape index (κ1) is 20.0. The number of benzene rings is 3. The molecule has 3 aromatic rings. The highest BCUT2D eigenvalue weighted by Gasteiger charge is 2.24. The van der Waals surface area contributed by atoms with Crippen molar-refractivity contribution in [3.8, 4) is 11.1 Å². The summed E-state index contributed by atoms with van der Waals surface area (Å²) in [5.74, 6) is -0.272. The van der Waals surface area contributed by atoms with E-state index in [1.165, 1.54) is 12.1 Å². The normalized spacial score (nSPS) is 13.9. The number of carbonyl (C=O) groups is 1. The molecule has 0 spiro atoms. The Bertz CT molecular complexity index is 1130. The topological polar surface area (TPSA) is 41.5 Å². The van der Waals surface area contributed by atoms with Gasteiger partial charge in [-0.2, -0.15) is 0 Å². The van der Waals surface area contributed by atoms with Gasteiger partial charge in [-0.3, -0.25) is 9.79 Å². The van der Waals surface area contributed by atoms with E-state index in [2.05, 4.69) is 29.4 Å². The molecule has 1 amide bonds. The summed E-state index contributed by atoms with van der Waals surface area (Å²) in [5, 5.41) is 3.05. The molecule has 0 aromatic heterocycles. The molecule has 4 rings (SSSR count). The number of nitrogens with one attached hydrogen (secondary N) is 1. The molecule has 4 heteroatoms. The molecule has 30 heavy (non-hydrogen) atoms. The lowest BCUT2D eigenvalue weighted by Crippen LogP contribution is -2.25. The van der Waals surface area contributed by atoms with Crippen LogP contribution in [0.3, 0.4) is 0 Å². The lowest BCUT2D eigenvalue weighted by molar-refractivity contribution is 0.0951. The summed E-state index contributed by atoms with van der Waals surface area (Å²) < 4.78 is 13.3. The predicted octanol–water partition coefficient (Wildman–Crippen LogP) is 5.47. The van der Waals surface area contributed by atoms with Gasteiger partial charge in [0.25, 0.3) is 5.91 Å². The SMILES string of the molecule is CN=C(c1ccc(F)cc1)c1ccc(-c2cc(C(=O)NC3CC3)ccc2C)cc1C. The fourth-order valence-corrected chi connectivity index (χ4v) is 3.68. The van der Waals surface area contributed by atoms with Gasteiger partial charge in [-0.1, -0.05) is 24.3 Å². The van der Waals surface area contributed by atoms with Crippen molar-refractivity contribution in [3.05, 3.63) is 94.3 Å². The minimum Gasteiger partial charge on any atom is -0.349 e. The van der Waals surface area contributed by atoms with Crippen LogP contribution in [0.25, 0.3) is 11.1 Å². The molecule has 1 aliphatic rings. The van der Waals surface area contributed by atoms with E-state index in [4.69, 9.17) is 0 Å². The van der Waals surface area contributed by atoms with Crippen LogP contribution in [-0.2, 0) is 0 Å². The number of nitrogens with zero attached hydrogens (tertiary/aromatic N) is 1. The summed E-state index contributed by atoms with van der Waals surface area (Å²) >= 11 is 0. The van der Waals surface area contributed by atoms with Crippen molar-refractivity contribution in [2.24, 2.45) is 4.99 Å². The average molecular weight is 400 g/mol. The lowest BCUT2D eigenvalue weighted by Gasteiger charge is -2.14. The minimum absolute atomic E-state index is 0.0104. The van der Waals surface area contributed by atoms with Gasteiger partial charge in [0.2, 0.25) is 0 Å². The Kier molecular flexibility index (Phi) is 5.49. The molecule has 0 aliphatic heterocycles. The van der Waals surface area contributed by atoms with Crippen molar-refractivity contribution in [1.82, 2.24) is 5.32 Å². The van der Waals surface area contributed by atoms with E-state index in [0.717, 1.165) is 51.9 Å². The maximum atomic E-state index is 13.3. The summed E-state index contributed by atoms with van der Waals surface area (Å²) in [7, 11) is 1.75. The molecule has 1 saturated carbocycles. The van der Waals surface area contributed by atoms with Crippen LogP contribution in [0, 0.1) is 19.7 Å². The van der Waals surface area contributed by atoms with Crippen molar-refractivity contribution in [2.45, 2.75) is 32.7 Å². The fourth-order valence-electron chi connectivity index (χ4n) is 3.68. The van der Waals surface area contributed by atoms with Gasteiger partial charge in [-0.15, -0.1) is 0 Å². The van der Waals surface area contributed by atoms with Crippen molar-refractivity contribution in [3.63, 3.8) is 0 Å². The van der Waals surface area contributed by atoms with Gasteiger partial charge < -0.3 is 5.32 Å². The van der Waals surface area contributed by atoms with Crippen LogP contribution in [0.5, 0.6) is 0 Å². The lowest BCUT2D eigenvalue weighted by atomic mass is 9.92. The molecule has 1 fully saturated rings. The Morgan fingerprint density at radius 2 is 1.63 bits per heavy atom. The highest BCUT2D eigenvalue weighted by Crippen LogP contribution is 2.28. The van der Waals surface area contributed by atoms with Crippen LogP contribution < -0.4 is 5.32 Å². The molecule has 0 atom stereocenters. The van der Waals surface area contributed by atoms with Gasteiger partial charge in [-0.25, -0.2) is 4.39 Å². The first-order chi connectivity index (χ1) is 14.5. The zero-order valence-electron chi connectivity index (χ0n) is 17.5. The van der Waals surface area contributed by atoms with E-state index < -0.39 is 0 Å². The minimum atomic E-state index is -0.262. The van der Waals surface area contributed by atoms with E-state index in [9.17, 15) is 9.18 Å². The third-order valence-electron chi connectivity index (χ3n) is 5.55. The Hall–Kier alpha value is -3.27. The largest absolute Gasteiger partial charge is 0.349 e. The van der Waals surface area contributed by atoms with Gasteiger partial charge in [0.1, 0.15) is 5.82 Å². The zero-order valence-corrected chi connectivity index (χ0v) is 17.5. The Morgan fingerprint density at radius 3 is 2.27 bits per heavy atom. The van der Waals surface area contributed by atoms with E-state index in [0.29, 0.717) is 11.6 Å². The third-order valence-corrected chi connectivity index (χ3v) is 5.55. The van der Waals surface area contributed by atoms with E-state index in [1.54, 1.807) is 19.2 Å². The summed E-state index contributed by atoms with van der Waals surface area (Å²) in [6, 6.07) is 18.8.